The van der Waals surface area contributed by atoms with Gasteiger partial charge in [0, 0.05) is 43.9 Å². The standard InChI is InChI=1S/C56H40N2/c1-36-42-18-7-8-20-44(42)45-29-27-39(34-48(36)45)49(40-28-31-55-51(35-40)47-22-9-11-23-53(47)57(55)41-16-3-2-4-17-41)32-37-26-30-56-50(33-37)46-21-10-12-24-54(46)58(56)52-25-13-15-38-14-5-6-19-43(38)52/h2-16,18-31,33-35,41,49H,1,17,32H2. The number of hydrogen-bond donors (Lipinski definition) is 0. The van der Waals surface area contributed by atoms with Crippen LogP contribution in [0, 0.1) is 0 Å². The van der Waals surface area contributed by atoms with Crippen molar-refractivity contribution in [2.24, 2.45) is 0 Å². The number of nitrogens with zero attached hydrogens (tertiary/aromatic N) is 2. The van der Waals surface area contributed by atoms with Gasteiger partial charge in [-0.15, -0.1) is 0 Å². The molecule has 2 heterocycles. The quantitative estimate of drug-likeness (QED) is 0.161. The molecular weight excluding hydrogens is 701 g/mol. The van der Waals surface area contributed by atoms with Crippen molar-refractivity contribution in [2.75, 3.05) is 0 Å². The van der Waals surface area contributed by atoms with E-state index in [9.17, 15) is 0 Å². The molecule has 2 aliphatic rings. The van der Waals surface area contributed by atoms with Gasteiger partial charge in [-0.3, -0.25) is 0 Å². The fraction of sp³-hybridized carbons (Fsp3) is 0.0714. The molecule has 2 heteroatoms. The van der Waals surface area contributed by atoms with E-state index in [2.05, 4.69) is 210 Å². The van der Waals surface area contributed by atoms with Crippen molar-refractivity contribution in [1.29, 1.82) is 0 Å². The smallest absolute Gasteiger partial charge is 0.0560 e. The molecule has 274 valence electrons. The maximum atomic E-state index is 4.61. The summed E-state index contributed by atoms with van der Waals surface area (Å²) in [6.45, 7) is 4.61. The van der Waals surface area contributed by atoms with Gasteiger partial charge in [-0.25, -0.2) is 0 Å². The van der Waals surface area contributed by atoms with Crippen LogP contribution in [0.5, 0.6) is 0 Å². The van der Waals surface area contributed by atoms with E-state index in [4.69, 9.17) is 0 Å². The van der Waals surface area contributed by atoms with Crippen LogP contribution in [0.25, 0.3) is 76.8 Å². The number of aromatic nitrogens is 2. The van der Waals surface area contributed by atoms with Gasteiger partial charge < -0.3 is 9.13 Å². The summed E-state index contributed by atoms with van der Waals surface area (Å²) in [5.74, 6) is 0.120. The molecular formula is C56H40N2. The Morgan fingerprint density at radius 3 is 2.00 bits per heavy atom. The van der Waals surface area contributed by atoms with Gasteiger partial charge >= 0.3 is 0 Å². The molecule has 2 atom stereocenters. The Labute approximate surface area is 337 Å². The second-order valence-electron chi connectivity index (χ2n) is 16.1. The van der Waals surface area contributed by atoms with Crippen molar-refractivity contribution in [3.8, 4) is 16.8 Å². The van der Waals surface area contributed by atoms with E-state index in [1.165, 1.54) is 99.0 Å². The zero-order valence-corrected chi connectivity index (χ0v) is 32.1. The molecule has 10 aromatic rings. The van der Waals surface area contributed by atoms with Crippen LogP contribution in [0.1, 0.15) is 46.2 Å². The molecule has 58 heavy (non-hydrogen) atoms. The molecule has 2 unspecified atom stereocenters. The lowest BCUT2D eigenvalue weighted by Crippen LogP contribution is -2.08. The van der Waals surface area contributed by atoms with Crippen LogP contribution in [0.15, 0.2) is 201 Å². The summed E-state index contributed by atoms with van der Waals surface area (Å²) in [6.07, 6.45) is 10.8. The number of benzene rings is 8. The highest BCUT2D eigenvalue weighted by Gasteiger charge is 2.26. The predicted molar refractivity (Wildman–Crippen MR) is 245 cm³/mol. The van der Waals surface area contributed by atoms with Crippen molar-refractivity contribution in [3.63, 3.8) is 0 Å². The van der Waals surface area contributed by atoms with Crippen LogP contribution < -0.4 is 0 Å². The van der Waals surface area contributed by atoms with Crippen LogP contribution in [0.2, 0.25) is 0 Å². The average Bonchev–Trinajstić information content (AvgIpc) is 3.90. The summed E-state index contributed by atoms with van der Waals surface area (Å²) < 4.78 is 5.00. The maximum absolute atomic E-state index is 4.61. The Kier molecular flexibility index (Phi) is 7.37. The molecule has 0 fully saturated rings. The molecule has 0 spiro atoms. The average molecular weight is 741 g/mol. The van der Waals surface area contributed by atoms with Crippen LogP contribution in [0.4, 0.5) is 0 Å². The summed E-state index contributed by atoms with van der Waals surface area (Å²) in [5.41, 5.74) is 16.3. The Balaban J connectivity index is 1.04. The molecule has 0 radical (unpaired) electrons. The SMILES string of the molecule is C=C1c2ccccc2-c2ccc(C(Cc3ccc4c(c3)c3ccccc3n4-c3cccc4ccccc34)c3ccc4c(c3)c3ccccc3n4C3C=CC=CC3)cc21. The number of hydrogen-bond acceptors (Lipinski definition) is 0. The lowest BCUT2D eigenvalue weighted by molar-refractivity contribution is 0.648. The Hall–Kier alpha value is -7.16. The van der Waals surface area contributed by atoms with E-state index >= 15 is 0 Å². The van der Waals surface area contributed by atoms with Crippen molar-refractivity contribution >= 4 is 60.0 Å². The molecule has 0 aliphatic heterocycles. The molecule has 0 amide bonds. The Morgan fingerprint density at radius 2 is 1.14 bits per heavy atom. The summed E-state index contributed by atoms with van der Waals surface area (Å²) in [7, 11) is 0. The van der Waals surface area contributed by atoms with Gasteiger partial charge in [-0.05, 0) is 111 Å². The first-order valence-electron chi connectivity index (χ1n) is 20.5. The van der Waals surface area contributed by atoms with Crippen LogP contribution in [0.3, 0.4) is 0 Å². The molecule has 2 aromatic heterocycles. The van der Waals surface area contributed by atoms with Gasteiger partial charge in [0.2, 0.25) is 0 Å². The van der Waals surface area contributed by atoms with E-state index in [-0.39, 0.29) is 5.92 Å². The Morgan fingerprint density at radius 1 is 0.500 bits per heavy atom. The molecule has 12 rings (SSSR count). The number of allylic oxidation sites excluding steroid dienone is 4. The lowest BCUT2D eigenvalue weighted by atomic mass is 9.83. The summed E-state index contributed by atoms with van der Waals surface area (Å²) in [4.78, 5) is 0. The van der Waals surface area contributed by atoms with Gasteiger partial charge in [0.1, 0.15) is 0 Å². The van der Waals surface area contributed by atoms with Crippen molar-refractivity contribution in [1.82, 2.24) is 9.13 Å². The minimum absolute atomic E-state index is 0.120. The van der Waals surface area contributed by atoms with Crippen LogP contribution in [-0.2, 0) is 6.42 Å². The van der Waals surface area contributed by atoms with Gasteiger partial charge in [-0.1, -0.05) is 152 Å². The van der Waals surface area contributed by atoms with Crippen molar-refractivity contribution < 1.29 is 0 Å². The maximum Gasteiger partial charge on any atom is 0.0560 e. The molecule has 8 aromatic carbocycles. The molecule has 0 bridgehead atoms. The minimum Gasteiger partial charge on any atom is -0.333 e. The zero-order chi connectivity index (χ0) is 38.3. The fourth-order valence-electron chi connectivity index (χ4n) is 10.2. The van der Waals surface area contributed by atoms with Gasteiger partial charge in [0.25, 0.3) is 0 Å². The van der Waals surface area contributed by atoms with E-state index < -0.39 is 0 Å². The molecule has 2 aliphatic carbocycles. The van der Waals surface area contributed by atoms with Crippen molar-refractivity contribution in [2.45, 2.75) is 24.8 Å². The molecule has 0 saturated heterocycles. The van der Waals surface area contributed by atoms with Gasteiger partial charge in [0.15, 0.2) is 0 Å². The summed E-state index contributed by atoms with van der Waals surface area (Å²) >= 11 is 0. The Bertz CT molecular complexity index is 3380. The van der Waals surface area contributed by atoms with E-state index in [0.29, 0.717) is 6.04 Å². The first kappa shape index (κ1) is 33.0. The third kappa shape index (κ3) is 4.98. The topological polar surface area (TPSA) is 9.86 Å². The van der Waals surface area contributed by atoms with Gasteiger partial charge in [0.05, 0.1) is 22.8 Å². The zero-order valence-electron chi connectivity index (χ0n) is 32.1. The van der Waals surface area contributed by atoms with Gasteiger partial charge in [-0.2, -0.15) is 0 Å². The second-order valence-corrected chi connectivity index (χ2v) is 16.1. The summed E-state index contributed by atoms with van der Waals surface area (Å²) in [5, 5.41) is 7.68. The monoisotopic (exact) mass is 740 g/mol. The minimum atomic E-state index is 0.120. The second kappa shape index (κ2) is 12.9. The normalized spacial score (nSPS) is 15.2. The van der Waals surface area contributed by atoms with E-state index in [1.54, 1.807) is 0 Å². The molecule has 2 nitrogen and oxygen atoms in total. The molecule has 0 N–H and O–H groups in total. The number of para-hydroxylation sites is 2. The fourth-order valence-corrected chi connectivity index (χ4v) is 10.2. The highest BCUT2D eigenvalue weighted by atomic mass is 15.0. The van der Waals surface area contributed by atoms with E-state index in [0.717, 1.165) is 18.4 Å². The van der Waals surface area contributed by atoms with Crippen LogP contribution >= 0.6 is 0 Å². The van der Waals surface area contributed by atoms with Crippen LogP contribution in [-0.4, -0.2) is 9.13 Å². The van der Waals surface area contributed by atoms with Crippen molar-refractivity contribution in [3.05, 3.63) is 229 Å². The lowest BCUT2D eigenvalue weighted by Gasteiger charge is -2.21. The highest BCUT2D eigenvalue weighted by molar-refractivity contribution is 6.11. The third-order valence-electron chi connectivity index (χ3n) is 12.9. The first-order chi connectivity index (χ1) is 28.7. The number of rotatable bonds is 6. The first-order valence-corrected chi connectivity index (χ1v) is 20.5. The molecule has 0 saturated carbocycles. The number of fused-ring (bicyclic) bond motifs is 10. The highest BCUT2D eigenvalue weighted by Crippen LogP contribution is 2.46. The largest absolute Gasteiger partial charge is 0.333 e. The summed E-state index contributed by atoms with van der Waals surface area (Å²) in [6, 6.07) is 63.7. The predicted octanol–water partition coefficient (Wildman–Crippen LogP) is 14.5. The van der Waals surface area contributed by atoms with E-state index in [1.807, 2.05) is 0 Å². The third-order valence-corrected chi connectivity index (χ3v) is 12.9.